The maximum absolute atomic E-state index is 12.1. The minimum absolute atomic E-state index is 0.112. The monoisotopic (exact) mass is 233 g/mol. The van der Waals surface area contributed by atoms with E-state index in [9.17, 15) is 4.79 Å². The fourth-order valence-electron chi connectivity index (χ4n) is 2.26. The molecule has 2 rings (SSSR count). The van der Waals surface area contributed by atoms with E-state index in [-0.39, 0.29) is 5.78 Å². The number of piperidine rings is 1. The highest BCUT2D eigenvalue weighted by Crippen LogP contribution is 2.10. The maximum atomic E-state index is 12.1. The van der Waals surface area contributed by atoms with Crippen molar-refractivity contribution in [2.75, 3.05) is 19.6 Å². The van der Waals surface area contributed by atoms with Crippen LogP contribution in [-0.4, -0.2) is 40.3 Å². The van der Waals surface area contributed by atoms with Crippen LogP contribution in [0.2, 0.25) is 0 Å². The first kappa shape index (κ1) is 12.2. The van der Waals surface area contributed by atoms with Crippen LogP contribution in [0.1, 0.15) is 41.3 Å². The average molecular weight is 233 g/mol. The molecule has 0 saturated carbocycles. The Labute approximate surface area is 102 Å². The van der Waals surface area contributed by atoms with E-state index in [0.29, 0.717) is 18.1 Å². The van der Waals surface area contributed by atoms with Crippen molar-refractivity contribution < 1.29 is 4.79 Å². The van der Waals surface area contributed by atoms with Gasteiger partial charge in [0.15, 0.2) is 5.78 Å². The van der Waals surface area contributed by atoms with E-state index >= 15 is 0 Å². The number of ketones is 1. The van der Waals surface area contributed by atoms with Crippen molar-refractivity contribution >= 4 is 5.78 Å². The fourth-order valence-corrected chi connectivity index (χ4v) is 2.26. The Morgan fingerprint density at radius 1 is 1.24 bits per heavy atom. The number of carbonyl (C=O) groups excluding carboxylic acids is 1. The number of aromatic nitrogens is 2. The van der Waals surface area contributed by atoms with Gasteiger partial charge >= 0.3 is 0 Å². The first-order valence-electron chi connectivity index (χ1n) is 6.23. The van der Waals surface area contributed by atoms with Gasteiger partial charge in [-0.05, 0) is 45.8 Å². The molecule has 0 amide bonds. The summed E-state index contributed by atoms with van der Waals surface area (Å²) in [5, 5.41) is 0. The van der Waals surface area contributed by atoms with E-state index in [1.54, 1.807) is 6.07 Å². The lowest BCUT2D eigenvalue weighted by Gasteiger charge is -2.25. The van der Waals surface area contributed by atoms with Crippen molar-refractivity contribution in [1.82, 2.24) is 14.9 Å². The van der Waals surface area contributed by atoms with Gasteiger partial charge in [-0.3, -0.25) is 9.69 Å². The van der Waals surface area contributed by atoms with Crippen molar-refractivity contribution in [2.45, 2.75) is 33.1 Å². The Morgan fingerprint density at radius 3 is 2.59 bits per heavy atom. The second-order valence-corrected chi connectivity index (χ2v) is 4.70. The number of rotatable bonds is 3. The highest BCUT2D eigenvalue weighted by atomic mass is 16.1. The fraction of sp³-hybridized carbons (Fsp3) is 0.615. The summed E-state index contributed by atoms with van der Waals surface area (Å²) < 4.78 is 0. The zero-order valence-electron chi connectivity index (χ0n) is 10.6. The van der Waals surface area contributed by atoms with Crippen LogP contribution in [0.3, 0.4) is 0 Å². The zero-order valence-corrected chi connectivity index (χ0v) is 10.6. The number of likely N-dealkylation sites (tertiary alicyclic amines) is 1. The van der Waals surface area contributed by atoms with Crippen LogP contribution in [0.4, 0.5) is 0 Å². The number of hydrogen-bond donors (Lipinski definition) is 0. The average Bonchev–Trinajstić information content (AvgIpc) is 2.29. The molecule has 17 heavy (non-hydrogen) atoms. The van der Waals surface area contributed by atoms with Crippen LogP contribution in [0, 0.1) is 13.8 Å². The zero-order chi connectivity index (χ0) is 12.3. The SMILES string of the molecule is Cc1cc(C(=O)CN2CCCCC2)nc(C)n1. The summed E-state index contributed by atoms with van der Waals surface area (Å²) in [4.78, 5) is 22.7. The third-order valence-corrected chi connectivity index (χ3v) is 3.07. The van der Waals surface area contributed by atoms with Gasteiger partial charge in [-0.15, -0.1) is 0 Å². The second kappa shape index (κ2) is 5.36. The van der Waals surface area contributed by atoms with Gasteiger partial charge in [-0.1, -0.05) is 6.42 Å². The molecule has 0 radical (unpaired) electrons. The molecule has 0 aromatic carbocycles. The molecule has 1 aliphatic rings. The third-order valence-electron chi connectivity index (χ3n) is 3.07. The van der Waals surface area contributed by atoms with Crippen molar-refractivity contribution in [2.24, 2.45) is 0 Å². The molecule has 1 fully saturated rings. The third kappa shape index (κ3) is 3.33. The Kier molecular flexibility index (Phi) is 3.84. The lowest BCUT2D eigenvalue weighted by Crippen LogP contribution is -2.34. The number of hydrogen-bond acceptors (Lipinski definition) is 4. The molecule has 2 heterocycles. The van der Waals surface area contributed by atoms with Crippen LogP contribution in [-0.2, 0) is 0 Å². The van der Waals surface area contributed by atoms with Crippen LogP contribution in [0.15, 0.2) is 6.07 Å². The van der Waals surface area contributed by atoms with Crippen LogP contribution < -0.4 is 0 Å². The van der Waals surface area contributed by atoms with Crippen molar-refractivity contribution in [3.8, 4) is 0 Å². The number of nitrogens with zero attached hydrogens (tertiary/aromatic N) is 3. The van der Waals surface area contributed by atoms with Crippen LogP contribution in [0.5, 0.6) is 0 Å². The number of Topliss-reactive ketones (excluding diaryl/α,β-unsaturated/α-hetero) is 1. The molecule has 1 aromatic rings. The van der Waals surface area contributed by atoms with Gasteiger partial charge in [0.05, 0.1) is 6.54 Å². The minimum Gasteiger partial charge on any atom is -0.296 e. The Bertz CT molecular complexity index is 391. The topological polar surface area (TPSA) is 46.1 Å². The van der Waals surface area contributed by atoms with Gasteiger partial charge in [0.2, 0.25) is 0 Å². The number of carbonyl (C=O) groups is 1. The lowest BCUT2D eigenvalue weighted by atomic mass is 10.1. The Hall–Kier alpha value is -1.29. The molecule has 4 heteroatoms. The van der Waals surface area contributed by atoms with E-state index in [1.165, 1.54) is 19.3 Å². The summed E-state index contributed by atoms with van der Waals surface area (Å²) in [5.41, 5.74) is 1.42. The molecule has 0 aliphatic carbocycles. The highest BCUT2D eigenvalue weighted by molar-refractivity contribution is 5.95. The summed E-state index contributed by atoms with van der Waals surface area (Å²) in [6.45, 7) is 6.29. The summed E-state index contributed by atoms with van der Waals surface area (Å²) in [7, 11) is 0. The van der Waals surface area contributed by atoms with Crippen molar-refractivity contribution in [3.05, 3.63) is 23.3 Å². The molecule has 0 atom stereocenters. The van der Waals surface area contributed by atoms with Crippen LogP contribution >= 0.6 is 0 Å². The minimum atomic E-state index is 0.112. The van der Waals surface area contributed by atoms with E-state index < -0.39 is 0 Å². The van der Waals surface area contributed by atoms with Gasteiger partial charge in [-0.25, -0.2) is 9.97 Å². The van der Waals surface area contributed by atoms with E-state index in [2.05, 4.69) is 14.9 Å². The molecule has 0 spiro atoms. The van der Waals surface area contributed by atoms with E-state index in [1.807, 2.05) is 13.8 Å². The summed E-state index contributed by atoms with van der Waals surface area (Å²) >= 11 is 0. The Balaban J connectivity index is 2.03. The van der Waals surface area contributed by atoms with Gasteiger partial charge in [0.1, 0.15) is 11.5 Å². The highest BCUT2D eigenvalue weighted by Gasteiger charge is 2.16. The predicted octanol–water partition coefficient (Wildman–Crippen LogP) is 1.76. The molecule has 0 bridgehead atoms. The molecule has 0 N–H and O–H groups in total. The van der Waals surface area contributed by atoms with Gasteiger partial charge in [0.25, 0.3) is 0 Å². The summed E-state index contributed by atoms with van der Waals surface area (Å²) in [5.74, 6) is 0.785. The van der Waals surface area contributed by atoms with E-state index in [0.717, 1.165) is 18.8 Å². The van der Waals surface area contributed by atoms with Gasteiger partial charge in [-0.2, -0.15) is 0 Å². The number of aryl methyl sites for hydroxylation is 2. The van der Waals surface area contributed by atoms with E-state index in [4.69, 9.17) is 0 Å². The predicted molar refractivity (Wildman–Crippen MR) is 66.1 cm³/mol. The van der Waals surface area contributed by atoms with Gasteiger partial charge < -0.3 is 0 Å². The first-order valence-corrected chi connectivity index (χ1v) is 6.23. The molecular formula is C13H19N3O. The summed E-state index contributed by atoms with van der Waals surface area (Å²) in [6, 6.07) is 1.78. The van der Waals surface area contributed by atoms with Gasteiger partial charge in [0, 0.05) is 5.69 Å². The molecule has 92 valence electrons. The second-order valence-electron chi connectivity index (χ2n) is 4.70. The maximum Gasteiger partial charge on any atom is 0.195 e. The van der Waals surface area contributed by atoms with Crippen LogP contribution in [0.25, 0.3) is 0 Å². The molecule has 1 aromatic heterocycles. The quantitative estimate of drug-likeness (QED) is 0.746. The molecule has 1 aliphatic heterocycles. The van der Waals surface area contributed by atoms with Crippen molar-refractivity contribution in [1.29, 1.82) is 0 Å². The van der Waals surface area contributed by atoms with Crippen molar-refractivity contribution in [3.63, 3.8) is 0 Å². The molecular weight excluding hydrogens is 214 g/mol. The largest absolute Gasteiger partial charge is 0.296 e. The molecule has 4 nitrogen and oxygen atoms in total. The molecule has 1 saturated heterocycles. The summed E-state index contributed by atoms with van der Waals surface area (Å²) in [6.07, 6.45) is 3.70. The lowest BCUT2D eigenvalue weighted by molar-refractivity contribution is 0.0910. The standard InChI is InChI=1S/C13H19N3O/c1-10-8-12(15-11(2)14-10)13(17)9-16-6-4-3-5-7-16/h8H,3-7,9H2,1-2H3. The Morgan fingerprint density at radius 2 is 1.94 bits per heavy atom. The first-order chi connectivity index (χ1) is 8.15. The molecule has 0 unspecified atom stereocenters. The smallest absolute Gasteiger partial charge is 0.195 e. The normalized spacial score (nSPS) is 17.1.